The van der Waals surface area contributed by atoms with Gasteiger partial charge in [-0.2, -0.15) is 5.10 Å². The summed E-state index contributed by atoms with van der Waals surface area (Å²) in [4.78, 5) is 2.36. The van der Waals surface area contributed by atoms with E-state index in [1.807, 2.05) is 12.1 Å². The number of ether oxygens (including phenoxy) is 1. The summed E-state index contributed by atoms with van der Waals surface area (Å²) in [7, 11) is 3.90. The predicted octanol–water partition coefficient (Wildman–Crippen LogP) is 4.56. The largest absolute Gasteiger partial charge is 0.496 e. The van der Waals surface area contributed by atoms with E-state index in [2.05, 4.69) is 66.0 Å². The van der Waals surface area contributed by atoms with Crippen molar-refractivity contribution < 1.29 is 4.74 Å². The van der Waals surface area contributed by atoms with Gasteiger partial charge in [-0.25, -0.2) is 4.68 Å². The average molecular weight is 361 g/mol. The van der Waals surface area contributed by atoms with Gasteiger partial charge in [0.2, 0.25) is 0 Å². The Hall–Kier alpha value is -2.59. The Kier molecular flexibility index (Phi) is 4.99. The third kappa shape index (κ3) is 3.37. The summed E-state index contributed by atoms with van der Waals surface area (Å²) in [5, 5.41) is 5.00. The first-order chi connectivity index (χ1) is 13.2. The summed E-state index contributed by atoms with van der Waals surface area (Å²) >= 11 is 0. The molecule has 1 heterocycles. The maximum atomic E-state index is 5.56. The topological polar surface area (TPSA) is 30.3 Å². The van der Waals surface area contributed by atoms with Crippen molar-refractivity contribution in [2.75, 3.05) is 14.2 Å². The maximum absolute atomic E-state index is 5.56. The number of rotatable bonds is 6. The van der Waals surface area contributed by atoms with Crippen molar-refractivity contribution in [3.8, 4) is 11.4 Å². The molecule has 1 aromatic heterocycles. The molecular weight excluding hydrogens is 334 g/mol. The van der Waals surface area contributed by atoms with E-state index in [-0.39, 0.29) is 6.04 Å². The molecule has 0 aliphatic heterocycles. The highest BCUT2D eigenvalue weighted by atomic mass is 16.5. The summed E-state index contributed by atoms with van der Waals surface area (Å²) in [5.41, 5.74) is 6.40. The number of hydrogen-bond donors (Lipinski definition) is 0. The van der Waals surface area contributed by atoms with Gasteiger partial charge in [0.05, 0.1) is 18.5 Å². The molecule has 4 rings (SSSR count). The first-order valence-corrected chi connectivity index (χ1v) is 9.67. The number of para-hydroxylation sites is 2. The number of fused-ring (bicyclic) bond motifs is 1. The molecule has 27 heavy (non-hydrogen) atoms. The van der Waals surface area contributed by atoms with Gasteiger partial charge >= 0.3 is 0 Å². The second-order valence-electron chi connectivity index (χ2n) is 7.31. The molecule has 0 saturated carbocycles. The van der Waals surface area contributed by atoms with Crippen LogP contribution in [0.5, 0.6) is 5.75 Å². The van der Waals surface area contributed by atoms with Gasteiger partial charge in [0.25, 0.3) is 0 Å². The summed E-state index contributed by atoms with van der Waals surface area (Å²) in [6, 6.07) is 19.0. The van der Waals surface area contributed by atoms with Gasteiger partial charge in [-0.15, -0.1) is 0 Å². The average Bonchev–Trinajstić information content (AvgIpc) is 3.32. The van der Waals surface area contributed by atoms with Crippen LogP contribution in [0.25, 0.3) is 5.69 Å². The Morgan fingerprint density at radius 3 is 2.59 bits per heavy atom. The minimum Gasteiger partial charge on any atom is -0.496 e. The lowest BCUT2D eigenvalue weighted by Crippen LogP contribution is -2.23. The number of nitrogens with zero attached hydrogens (tertiary/aromatic N) is 3. The molecule has 0 amide bonds. The summed E-state index contributed by atoms with van der Waals surface area (Å²) in [5.74, 6) is 0.942. The maximum Gasteiger partial charge on any atom is 0.123 e. The Morgan fingerprint density at radius 1 is 1.07 bits per heavy atom. The van der Waals surface area contributed by atoms with E-state index in [9.17, 15) is 0 Å². The fourth-order valence-electron chi connectivity index (χ4n) is 4.05. The Balaban J connectivity index is 1.61. The van der Waals surface area contributed by atoms with Crippen LogP contribution in [0.15, 0.2) is 54.6 Å². The van der Waals surface area contributed by atoms with Crippen molar-refractivity contribution in [2.24, 2.45) is 0 Å². The Labute approximate surface area is 161 Å². The zero-order chi connectivity index (χ0) is 18.8. The van der Waals surface area contributed by atoms with Gasteiger partial charge in [0.15, 0.2) is 0 Å². The Morgan fingerprint density at radius 2 is 1.81 bits per heavy atom. The number of aromatic nitrogens is 2. The van der Waals surface area contributed by atoms with Crippen LogP contribution in [0.4, 0.5) is 0 Å². The molecule has 0 fully saturated rings. The highest BCUT2D eigenvalue weighted by molar-refractivity contribution is 5.40. The highest BCUT2D eigenvalue weighted by Gasteiger charge is 2.25. The van der Waals surface area contributed by atoms with Gasteiger partial charge in [0, 0.05) is 23.8 Å². The molecule has 1 aliphatic rings. The molecule has 3 aromatic rings. The molecule has 4 nitrogen and oxygen atoms in total. The van der Waals surface area contributed by atoms with Gasteiger partial charge in [-0.3, -0.25) is 4.90 Å². The van der Waals surface area contributed by atoms with Crippen LogP contribution in [-0.2, 0) is 19.4 Å². The van der Waals surface area contributed by atoms with Crippen molar-refractivity contribution in [3.63, 3.8) is 0 Å². The lowest BCUT2D eigenvalue weighted by Gasteiger charge is -2.26. The number of hydrogen-bond acceptors (Lipinski definition) is 3. The quantitative estimate of drug-likeness (QED) is 0.645. The lowest BCUT2D eigenvalue weighted by atomic mass is 10.1. The van der Waals surface area contributed by atoms with E-state index in [0.29, 0.717) is 0 Å². The first-order valence-electron chi connectivity index (χ1n) is 9.67. The third-order valence-electron chi connectivity index (χ3n) is 5.66. The molecule has 0 bridgehead atoms. The molecule has 1 aliphatic carbocycles. The lowest BCUT2D eigenvalue weighted by molar-refractivity contribution is 0.243. The molecule has 1 unspecified atom stereocenters. The van der Waals surface area contributed by atoms with Gasteiger partial charge in [0.1, 0.15) is 5.75 Å². The van der Waals surface area contributed by atoms with Crippen molar-refractivity contribution in [3.05, 3.63) is 77.1 Å². The fraction of sp³-hybridized carbons (Fsp3) is 0.348. The van der Waals surface area contributed by atoms with Crippen molar-refractivity contribution in [1.82, 2.24) is 14.7 Å². The van der Waals surface area contributed by atoms with E-state index < -0.39 is 0 Å². The second kappa shape index (κ2) is 7.57. The van der Waals surface area contributed by atoms with Crippen molar-refractivity contribution in [2.45, 2.75) is 38.8 Å². The monoisotopic (exact) mass is 361 g/mol. The van der Waals surface area contributed by atoms with Crippen molar-refractivity contribution >= 4 is 0 Å². The molecular formula is C23H27N3O. The minimum absolute atomic E-state index is 0.250. The van der Waals surface area contributed by atoms with E-state index in [4.69, 9.17) is 9.84 Å². The van der Waals surface area contributed by atoms with Crippen LogP contribution in [0.3, 0.4) is 0 Å². The molecule has 0 saturated heterocycles. The van der Waals surface area contributed by atoms with Crippen LogP contribution in [0.1, 0.15) is 41.9 Å². The fourth-order valence-corrected chi connectivity index (χ4v) is 4.05. The molecule has 0 radical (unpaired) electrons. The summed E-state index contributed by atoms with van der Waals surface area (Å²) in [6.07, 6.45) is 3.47. The third-order valence-corrected chi connectivity index (χ3v) is 5.66. The highest BCUT2D eigenvalue weighted by Crippen LogP contribution is 2.32. The van der Waals surface area contributed by atoms with Crippen LogP contribution < -0.4 is 4.74 Å². The zero-order valence-electron chi connectivity index (χ0n) is 16.4. The molecule has 0 N–H and O–H groups in total. The van der Waals surface area contributed by atoms with Crippen LogP contribution in [0.2, 0.25) is 0 Å². The molecule has 2 aromatic carbocycles. The molecule has 0 spiro atoms. The first kappa shape index (κ1) is 17.8. The summed E-state index contributed by atoms with van der Waals surface area (Å²) < 4.78 is 7.71. The number of methoxy groups -OCH3 is 1. The predicted molar refractivity (Wildman–Crippen MR) is 108 cm³/mol. The minimum atomic E-state index is 0.250. The van der Waals surface area contributed by atoms with Gasteiger partial charge < -0.3 is 4.74 Å². The van der Waals surface area contributed by atoms with Crippen LogP contribution in [0, 0.1) is 0 Å². The number of benzene rings is 2. The normalized spacial score (nSPS) is 14.4. The Bertz CT molecular complexity index is 917. The summed E-state index contributed by atoms with van der Waals surface area (Å²) in [6.45, 7) is 3.06. The van der Waals surface area contributed by atoms with Gasteiger partial charge in [-0.1, -0.05) is 36.4 Å². The van der Waals surface area contributed by atoms with E-state index in [0.717, 1.165) is 30.8 Å². The SMILES string of the molecule is COc1ccccc1C(C)N(C)Cc1nn(-c2ccccc2)c2c1CCC2. The van der Waals surface area contributed by atoms with Crippen LogP contribution >= 0.6 is 0 Å². The van der Waals surface area contributed by atoms with E-state index >= 15 is 0 Å². The molecule has 140 valence electrons. The smallest absolute Gasteiger partial charge is 0.123 e. The molecule has 4 heteroatoms. The van der Waals surface area contributed by atoms with E-state index in [1.54, 1.807) is 7.11 Å². The standard InChI is InChI=1S/C23H27N3O/c1-17(19-12-7-8-15-23(19)27-3)25(2)16-21-20-13-9-14-22(20)26(24-21)18-10-5-4-6-11-18/h4-8,10-12,15,17H,9,13-14,16H2,1-3H3. The van der Waals surface area contributed by atoms with Crippen LogP contribution in [-0.4, -0.2) is 28.8 Å². The zero-order valence-corrected chi connectivity index (χ0v) is 16.4. The van der Waals surface area contributed by atoms with Gasteiger partial charge in [-0.05, 0) is 57.0 Å². The molecule has 1 atom stereocenters. The van der Waals surface area contributed by atoms with Crippen molar-refractivity contribution in [1.29, 1.82) is 0 Å². The van der Waals surface area contributed by atoms with E-state index in [1.165, 1.54) is 28.9 Å². The second-order valence-corrected chi connectivity index (χ2v) is 7.31.